The molecule has 8 heteroatoms. The lowest BCUT2D eigenvalue weighted by Crippen LogP contribution is -2.29. The maximum Gasteiger partial charge on any atom is 0.346 e. The van der Waals surface area contributed by atoms with Crippen molar-refractivity contribution in [2.75, 3.05) is 34.8 Å². The molecule has 2 aliphatic heterocycles. The highest BCUT2D eigenvalue weighted by molar-refractivity contribution is 6.03. The number of aromatic nitrogens is 2. The van der Waals surface area contributed by atoms with Gasteiger partial charge in [0.25, 0.3) is 0 Å². The molecule has 2 aliphatic rings. The van der Waals surface area contributed by atoms with Gasteiger partial charge in [0, 0.05) is 43.6 Å². The van der Waals surface area contributed by atoms with E-state index in [1.165, 1.54) is 30.8 Å². The summed E-state index contributed by atoms with van der Waals surface area (Å²) < 4.78 is 0. The summed E-state index contributed by atoms with van der Waals surface area (Å²) in [5.41, 5.74) is 1.43. The number of hydrogen-bond donors (Lipinski definition) is 2. The summed E-state index contributed by atoms with van der Waals surface area (Å²) >= 11 is 0. The number of carbonyl (C=O) groups is 2. The normalized spacial score (nSPS) is 19.6. The van der Waals surface area contributed by atoms with E-state index in [1.54, 1.807) is 4.90 Å². The minimum atomic E-state index is -0.532. The molecule has 3 heterocycles. The van der Waals surface area contributed by atoms with Gasteiger partial charge in [-0.1, -0.05) is 0 Å². The van der Waals surface area contributed by atoms with Crippen LogP contribution in [0.2, 0.25) is 0 Å². The Labute approximate surface area is 156 Å². The average Bonchev–Trinajstić information content (AvgIpc) is 3.32. The van der Waals surface area contributed by atoms with Crippen LogP contribution in [-0.4, -0.2) is 41.4 Å². The first-order valence-corrected chi connectivity index (χ1v) is 9.12. The standard InChI is InChI=1S/C19H21N5O3/c25-17-11-13(18(26)21-16-7-8-20-19(27)22-16)12-24(17)15-5-3-14(4-6-15)23-9-1-2-10-23/h3-8,13H,1-2,9-12H2,(H2,20,21,22,26,27). The van der Waals surface area contributed by atoms with Crippen LogP contribution in [0.4, 0.5) is 17.2 Å². The van der Waals surface area contributed by atoms with Crippen molar-refractivity contribution < 1.29 is 9.59 Å². The van der Waals surface area contributed by atoms with E-state index in [-0.39, 0.29) is 24.1 Å². The van der Waals surface area contributed by atoms with Gasteiger partial charge in [0.1, 0.15) is 5.82 Å². The fourth-order valence-corrected chi connectivity index (χ4v) is 3.63. The van der Waals surface area contributed by atoms with Gasteiger partial charge in [-0.2, -0.15) is 0 Å². The van der Waals surface area contributed by atoms with Gasteiger partial charge in [0.15, 0.2) is 0 Å². The molecule has 1 aromatic carbocycles. The minimum Gasteiger partial charge on any atom is -0.372 e. The highest BCUT2D eigenvalue weighted by atomic mass is 16.2. The molecular formula is C19H21N5O3. The molecule has 27 heavy (non-hydrogen) atoms. The molecule has 0 aliphatic carbocycles. The van der Waals surface area contributed by atoms with Crippen molar-refractivity contribution >= 4 is 29.0 Å². The molecule has 0 radical (unpaired) electrons. The number of carbonyl (C=O) groups excluding carboxylic acids is 2. The predicted octanol–water partition coefficient (Wildman–Crippen LogP) is 1.36. The van der Waals surface area contributed by atoms with Crippen LogP contribution in [0.3, 0.4) is 0 Å². The molecule has 2 N–H and O–H groups in total. The van der Waals surface area contributed by atoms with Crippen molar-refractivity contribution in [3.63, 3.8) is 0 Å². The lowest BCUT2D eigenvalue weighted by molar-refractivity contribution is -0.122. The number of amides is 2. The minimum absolute atomic E-state index is 0.0766. The molecule has 2 aromatic rings. The zero-order valence-corrected chi connectivity index (χ0v) is 14.9. The molecular weight excluding hydrogens is 346 g/mol. The summed E-state index contributed by atoms with van der Waals surface area (Å²) in [6.07, 6.45) is 3.90. The van der Waals surface area contributed by atoms with Crippen LogP contribution in [-0.2, 0) is 9.59 Å². The van der Waals surface area contributed by atoms with Crippen molar-refractivity contribution in [3.05, 3.63) is 47.0 Å². The Morgan fingerprint density at radius 1 is 1.07 bits per heavy atom. The molecule has 2 fully saturated rings. The van der Waals surface area contributed by atoms with Crippen LogP contribution in [0.1, 0.15) is 19.3 Å². The summed E-state index contributed by atoms with van der Waals surface area (Å²) in [5, 5.41) is 2.64. The maximum atomic E-state index is 12.4. The summed E-state index contributed by atoms with van der Waals surface area (Å²) in [4.78, 5) is 46.0. The molecule has 2 amide bonds. The summed E-state index contributed by atoms with van der Waals surface area (Å²) in [6.45, 7) is 2.46. The van der Waals surface area contributed by atoms with Gasteiger partial charge in [-0.25, -0.2) is 9.78 Å². The van der Waals surface area contributed by atoms with E-state index >= 15 is 0 Å². The van der Waals surface area contributed by atoms with Crippen molar-refractivity contribution in [2.45, 2.75) is 19.3 Å². The van der Waals surface area contributed by atoms with E-state index in [9.17, 15) is 14.4 Å². The van der Waals surface area contributed by atoms with Crippen molar-refractivity contribution in [1.82, 2.24) is 9.97 Å². The monoisotopic (exact) mass is 367 g/mol. The van der Waals surface area contributed by atoms with E-state index in [4.69, 9.17) is 0 Å². The van der Waals surface area contributed by atoms with E-state index < -0.39 is 11.6 Å². The van der Waals surface area contributed by atoms with Gasteiger partial charge in [0.2, 0.25) is 11.8 Å². The van der Waals surface area contributed by atoms with Gasteiger partial charge in [-0.05, 0) is 43.2 Å². The quantitative estimate of drug-likeness (QED) is 0.850. The summed E-state index contributed by atoms with van der Waals surface area (Å²) in [6, 6.07) is 9.44. The smallest absolute Gasteiger partial charge is 0.346 e. The Kier molecular flexibility index (Phi) is 4.62. The van der Waals surface area contributed by atoms with Gasteiger partial charge in [0.05, 0.1) is 5.92 Å². The number of hydrogen-bond acceptors (Lipinski definition) is 5. The third kappa shape index (κ3) is 3.69. The molecule has 1 atom stereocenters. The van der Waals surface area contributed by atoms with E-state index in [0.717, 1.165) is 18.8 Å². The third-order valence-electron chi connectivity index (χ3n) is 5.06. The largest absolute Gasteiger partial charge is 0.372 e. The Morgan fingerprint density at radius 2 is 1.78 bits per heavy atom. The highest BCUT2D eigenvalue weighted by Gasteiger charge is 2.35. The number of aromatic amines is 1. The van der Waals surface area contributed by atoms with Gasteiger partial charge < -0.3 is 15.1 Å². The average molecular weight is 367 g/mol. The van der Waals surface area contributed by atoms with Crippen LogP contribution in [0.15, 0.2) is 41.3 Å². The van der Waals surface area contributed by atoms with Crippen molar-refractivity contribution in [2.24, 2.45) is 5.92 Å². The van der Waals surface area contributed by atoms with Crippen molar-refractivity contribution in [1.29, 1.82) is 0 Å². The molecule has 140 valence electrons. The Balaban J connectivity index is 1.42. The molecule has 1 aromatic heterocycles. The number of benzene rings is 1. The molecule has 0 saturated carbocycles. The fraction of sp³-hybridized carbons (Fsp3) is 0.368. The zero-order chi connectivity index (χ0) is 18.8. The second kappa shape index (κ2) is 7.22. The van der Waals surface area contributed by atoms with Crippen LogP contribution in [0.25, 0.3) is 0 Å². The second-order valence-electron chi connectivity index (χ2n) is 6.89. The Hall–Kier alpha value is -3.16. The maximum absolute atomic E-state index is 12.4. The van der Waals surface area contributed by atoms with Crippen molar-refractivity contribution in [3.8, 4) is 0 Å². The van der Waals surface area contributed by atoms with Gasteiger partial charge in [-0.15, -0.1) is 0 Å². The summed E-state index contributed by atoms with van der Waals surface area (Å²) in [5.74, 6) is -0.554. The molecule has 4 rings (SSSR count). The lowest BCUT2D eigenvalue weighted by Gasteiger charge is -2.20. The summed E-state index contributed by atoms with van der Waals surface area (Å²) in [7, 11) is 0. The molecule has 8 nitrogen and oxygen atoms in total. The third-order valence-corrected chi connectivity index (χ3v) is 5.06. The van der Waals surface area contributed by atoms with E-state index in [2.05, 4.69) is 20.2 Å². The molecule has 1 unspecified atom stereocenters. The van der Waals surface area contributed by atoms with Gasteiger partial charge >= 0.3 is 5.69 Å². The first-order chi connectivity index (χ1) is 13.1. The van der Waals surface area contributed by atoms with E-state index in [0.29, 0.717) is 6.54 Å². The highest BCUT2D eigenvalue weighted by Crippen LogP contribution is 2.28. The number of nitrogens with zero attached hydrogens (tertiary/aromatic N) is 3. The number of H-pyrrole nitrogens is 1. The topological polar surface area (TPSA) is 98.4 Å². The Morgan fingerprint density at radius 3 is 2.48 bits per heavy atom. The predicted molar refractivity (Wildman–Crippen MR) is 102 cm³/mol. The number of nitrogens with one attached hydrogen (secondary N) is 2. The van der Waals surface area contributed by atoms with Crippen LogP contribution in [0, 0.1) is 5.92 Å². The lowest BCUT2D eigenvalue weighted by atomic mass is 10.1. The Bertz CT molecular complexity index is 902. The zero-order valence-electron chi connectivity index (χ0n) is 14.9. The number of anilines is 3. The first kappa shape index (κ1) is 17.3. The SMILES string of the molecule is O=C(Nc1ccnc(=O)[nH]1)C1CC(=O)N(c2ccc(N3CCCC3)cc2)C1. The molecule has 0 bridgehead atoms. The second-order valence-corrected chi connectivity index (χ2v) is 6.89. The van der Waals surface area contributed by atoms with Crippen LogP contribution >= 0.6 is 0 Å². The van der Waals surface area contributed by atoms with Crippen LogP contribution in [0.5, 0.6) is 0 Å². The van der Waals surface area contributed by atoms with Gasteiger partial charge in [-0.3, -0.25) is 14.6 Å². The first-order valence-electron chi connectivity index (χ1n) is 9.12. The van der Waals surface area contributed by atoms with E-state index in [1.807, 2.05) is 24.3 Å². The van der Waals surface area contributed by atoms with Crippen LogP contribution < -0.4 is 20.8 Å². The number of rotatable bonds is 4. The molecule has 2 saturated heterocycles. The fourth-order valence-electron chi connectivity index (χ4n) is 3.63. The molecule has 0 spiro atoms.